The van der Waals surface area contributed by atoms with Crippen LogP contribution in [0.5, 0.6) is 0 Å². The van der Waals surface area contributed by atoms with Gasteiger partial charge in [-0.2, -0.15) is 0 Å². The fourth-order valence-electron chi connectivity index (χ4n) is 5.39. The fourth-order valence-corrected chi connectivity index (χ4v) is 5.39. The Hall–Kier alpha value is -0.980. The Balaban J connectivity index is 2.04. The summed E-state index contributed by atoms with van der Waals surface area (Å²) in [6.07, 6.45) is -0.935. The van der Waals surface area contributed by atoms with Gasteiger partial charge in [0.15, 0.2) is 11.9 Å². The normalized spacial score (nSPS) is 61.7. The van der Waals surface area contributed by atoms with Crippen LogP contribution in [0.1, 0.15) is 33.6 Å². The van der Waals surface area contributed by atoms with Crippen LogP contribution in [0.4, 0.5) is 0 Å². The predicted molar refractivity (Wildman–Crippen MR) is 69.1 cm³/mol. The molecule has 2 aliphatic carbocycles. The van der Waals surface area contributed by atoms with Gasteiger partial charge in [0.2, 0.25) is 0 Å². The van der Waals surface area contributed by atoms with Crippen molar-refractivity contribution in [3.05, 3.63) is 0 Å². The van der Waals surface area contributed by atoms with Crippen molar-refractivity contribution < 1.29 is 29.3 Å². The molecule has 6 nitrogen and oxygen atoms in total. The van der Waals surface area contributed by atoms with Crippen molar-refractivity contribution in [2.75, 3.05) is 6.61 Å². The first kappa shape index (κ1) is 13.7. The maximum atomic E-state index is 12.6. The quantitative estimate of drug-likeness (QED) is 0.601. The van der Waals surface area contributed by atoms with Gasteiger partial charge in [-0.1, -0.05) is 13.8 Å². The smallest absolute Gasteiger partial charge is 0.336 e. The number of ketones is 1. The minimum atomic E-state index is -1.73. The van der Waals surface area contributed by atoms with Crippen LogP contribution >= 0.6 is 0 Å². The molecule has 116 valence electrons. The number of hydrogen-bond donors (Lipinski definition) is 2. The number of ether oxygens (including phenoxy) is 2. The van der Waals surface area contributed by atoms with Crippen molar-refractivity contribution in [1.29, 1.82) is 0 Å². The molecule has 2 heterocycles. The zero-order valence-corrected chi connectivity index (χ0v) is 12.4. The van der Waals surface area contributed by atoms with Crippen molar-refractivity contribution in [2.45, 2.75) is 57.0 Å². The second-order valence-electron chi connectivity index (χ2n) is 7.56. The maximum absolute atomic E-state index is 12.6. The van der Waals surface area contributed by atoms with Gasteiger partial charge >= 0.3 is 5.97 Å². The lowest BCUT2D eigenvalue weighted by molar-refractivity contribution is -0.268. The molecule has 1 spiro atoms. The molecule has 2 aliphatic heterocycles. The molecule has 0 aromatic heterocycles. The monoisotopic (exact) mass is 296 g/mol. The summed E-state index contributed by atoms with van der Waals surface area (Å²) in [5.74, 6) is -1.01. The number of fused-ring (bicyclic) bond motifs is 1. The lowest BCUT2D eigenvalue weighted by Crippen LogP contribution is -2.75. The van der Waals surface area contributed by atoms with Gasteiger partial charge in [0.25, 0.3) is 0 Å². The molecule has 0 unspecified atom stereocenters. The zero-order chi connectivity index (χ0) is 15.4. The second kappa shape index (κ2) is 3.34. The Morgan fingerprint density at radius 2 is 1.90 bits per heavy atom. The lowest BCUT2D eigenvalue weighted by Gasteiger charge is -2.61. The maximum Gasteiger partial charge on any atom is 0.336 e. The Bertz CT molecular complexity index is 571. The molecule has 4 fully saturated rings. The largest absolute Gasteiger partial charge is 0.463 e. The fraction of sp³-hybridized carbons (Fsp3) is 0.867. The van der Waals surface area contributed by atoms with Crippen molar-refractivity contribution in [3.8, 4) is 0 Å². The first-order chi connectivity index (χ1) is 9.62. The topological polar surface area (TPSA) is 93.1 Å². The van der Waals surface area contributed by atoms with E-state index in [9.17, 15) is 19.8 Å². The highest BCUT2D eigenvalue weighted by molar-refractivity contribution is 5.92. The minimum Gasteiger partial charge on any atom is -0.463 e. The van der Waals surface area contributed by atoms with E-state index in [0.29, 0.717) is 6.42 Å². The first-order valence-electron chi connectivity index (χ1n) is 7.42. The van der Waals surface area contributed by atoms with Crippen LogP contribution in [0.15, 0.2) is 0 Å². The summed E-state index contributed by atoms with van der Waals surface area (Å²) >= 11 is 0. The Morgan fingerprint density at radius 3 is 2.57 bits per heavy atom. The third kappa shape index (κ3) is 1.06. The standard InChI is InChI=1S/C15H20O6/c1-7-8-4-15(19)12(2)6-20-11(17)10(21-8)14(7,15)5-9(16)13(12,3)18/h7-8,10,18-19H,4-6H2,1-3H3/t7-,8-,10+,12-,13+,14+,15+/m0/s1. The molecule has 6 heteroatoms. The van der Waals surface area contributed by atoms with Gasteiger partial charge in [0.05, 0.1) is 17.1 Å². The first-order valence-corrected chi connectivity index (χ1v) is 7.42. The number of aliphatic hydroxyl groups is 2. The van der Waals surface area contributed by atoms with Crippen LogP contribution in [-0.4, -0.2) is 52.0 Å². The van der Waals surface area contributed by atoms with E-state index in [-0.39, 0.29) is 30.8 Å². The van der Waals surface area contributed by atoms with E-state index in [1.165, 1.54) is 6.92 Å². The number of esters is 1. The Morgan fingerprint density at radius 1 is 1.24 bits per heavy atom. The number of rotatable bonds is 0. The second-order valence-corrected chi connectivity index (χ2v) is 7.56. The van der Waals surface area contributed by atoms with Crippen LogP contribution in [0.3, 0.4) is 0 Å². The summed E-state index contributed by atoms with van der Waals surface area (Å²) in [5, 5.41) is 22.3. The van der Waals surface area contributed by atoms with Gasteiger partial charge < -0.3 is 19.7 Å². The number of carbonyl (C=O) groups excluding carboxylic acids is 2. The van der Waals surface area contributed by atoms with Gasteiger partial charge in [-0.15, -0.1) is 0 Å². The summed E-state index contributed by atoms with van der Waals surface area (Å²) in [4.78, 5) is 24.9. The molecule has 0 radical (unpaired) electrons. The third-order valence-corrected chi connectivity index (χ3v) is 7.12. The molecule has 0 amide bonds. The molecular weight excluding hydrogens is 276 g/mol. The highest BCUT2D eigenvalue weighted by Gasteiger charge is 2.84. The van der Waals surface area contributed by atoms with Crippen LogP contribution in [0, 0.1) is 16.7 Å². The summed E-state index contributed by atoms with van der Waals surface area (Å²) in [7, 11) is 0. The molecule has 2 saturated carbocycles. The van der Waals surface area contributed by atoms with Crippen molar-refractivity contribution in [3.63, 3.8) is 0 Å². The van der Waals surface area contributed by atoms with Crippen molar-refractivity contribution in [1.82, 2.24) is 0 Å². The Labute approximate surface area is 122 Å². The van der Waals surface area contributed by atoms with Gasteiger partial charge in [0, 0.05) is 18.3 Å². The van der Waals surface area contributed by atoms with E-state index >= 15 is 0 Å². The molecule has 0 aromatic rings. The van der Waals surface area contributed by atoms with Gasteiger partial charge in [0.1, 0.15) is 12.2 Å². The lowest BCUT2D eigenvalue weighted by atomic mass is 9.45. The molecule has 4 aliphatic rings. The van der Waals surface area contributed by atoms with E-state index < -0.39 is 34.1 Å². The average molecular weight is 296 g/mol. The molecule has 2 saturated heterocycles. The number of cyclic esters (lactones) is 1. The van der Waals surface area contributed by atoms with Gasteiger partial charge in [-0.25, -0.2) is 4.79 Å². The van der Waals surface area contributed by atoms with Crippen LogP contribution in [-0.2, 0) is 19.1 Å². The van der Waals surface area contributed by atoms with E-state index in [1.54, 1.807) is 6.92 Å². The highest BCUT2D eigenvalue weighted by Crippen LogP contribution is 2.72. The van der Waals surface area contributed by atoms with Gasteiger partial charge in [-0.3, -0.25) is 4.79 Å². The van der Waals surface area contributed by atoms with E-state index in [2.05, 4.69) is 0 Å². The van der Waals surface area contributed by atoms with Crippen molar-refractivity contribution in [2.24, 2.45) is 16.7 Å². The van der Waals surface area contributed by atoms with E-state index in [0.717, 1.165) is 0 Å². The molecule has 2 N–H and O–H groups in total. The summed E-state index contributed by atoms with van der Waals surface area (Å²) in [6.45, 7) is 4.80. The van der Waals surface area contributed by atoms with Crippen molar-refractivity contribution >= 4 is 11.8 Å². The van der Waals surface area contributed by atoms with Crippen LogP contribution in [0.2, 0.25) is 0 Å². The molecule has 21 heavy (non-hydrogen) atoms. The molecule has 4 rings (SSSR count). The van der Waals surface area contributed by atoms with Crippen LogP contribution in [0.25, 0.3) is 0 Å². The third-order valence-electron chi connectivity index (χ3n) is 7.12. The predicted octanol–water partition coefficient (Wildman–Crippen LogP) is -0.202. The summed E-state index contributed by atoms with van der Waals surface area (Å²) < 4.78 is 11.1. The Kier molecular flexibility index (Phi) is 2.17. The SMILES string of the molecule is C[C@H]1[C@@H]2C[C@]3(O)[C@]14CC(=O)[C@@](C)(O)[C@]3(C)COC(=O)[C@H]4O2. The summed E-state index contributed by atoms with van der Waals surface area (Å²) in [5.41, 5.74) is -5.30. The van der Waals surface area contributed by atoms with E-state index in [4.69, 9.17) is 9.47 Å². The van der Waals surface area contributed by atoms with Gasteiger partial charge in [-0.05, 0) is 12.8 Å². The number of Topliss-reactive ketones (excluding diaryl/α,β-unsaturated/α-hetero) is 1. The number of hydrogen-bond acceptors (Lipinski definition) is 6. The average Bonchev–Trinajstić information content (AvgIpc) is 2.79. The van der Waals surface area contributed by atoms with E-state index in [1.807, 2.05) is 6.92 Å². The molecule has 7 atom stereocenters. The molecular formula is C15H20O6. The van der Waals surface area contributed by atoms with Crippen LogP contribution < -0.4 is 0 Å². The summed E-state index contributed by atoms with van der Waals surface area (Å²) in [6, 6.07) is 0. The minimum absolute atomic E-state index is 0.0521. The molecule has 0 aromatic carbocycles. The molecule has 3 bridgehead atoms. The zero-order valence-electron chi connectivity index (χ0n) is 12.4. The number of carbonyl (C=O) groups is 2. The highest BCUT2D eigenvalue weighted by atomic mass is 16.6.